The topological polar surface area (TPSA) is 43.1 Å². The Morgan fingerprint density at radius 3 is 2.25 bits per heavy atom. The molecule has 0 unspecified atom stereocenters. The number of nitrogens with zero attached hydrogens (tertiary/aromatic N) is 4. The monoisotopic (exact) mass is 358 g/mol. The van der Waals surface area contributed by atoms with Crippen LogP contribution in [0.15, 0.2) is 42.9 Å². The van der Waals surface area contributed by atoms with Crippen LogP contribution in [-0.2, 0) is 12.1 Å². The van der Waals surface area contributed by atoms with Crippen LogP contribution in [0, 0.1) is 6.92 Å². The first-order valence-electron chi connectivity index (χ1n) is 7.25. The number of benzene rings is 1. The van der Waals surface area contributed by atoms with E-state index in [0.717, 1.165) is 10.6 Å². The lowest BCUT2D eigenvalue weighted by Crippen LogP contribution is -2.10. The third-order valence-electron chi connectivity index (χ3n) is 2.74. The van der Waals surface area contributed by atoms with E-state index >= 15 is 0 Å². The average Bonchev–Trinajstić information content (AvgIpc) is 3.02. The highest BCUT2D eigenvalue weighted by Crippen LogP contribution is 2.27. The Kier molecular flexibility index (Phi) is 7.64. The van der Waals surface area contributed by atoms with E-state index in [0.29, 0.717) is 5.88 Å². The van der Waals surface area contributed by atoms with Crippen LogP contribution >= 0.6 is 11.6 Å². The molecule has 0 N–H and O–H groups in total. The molecule has 0 aliphatic rings. The van der Waals surface area contributed by atoms with Gasteiger partial charge in [0.1, 0.15) is 0 Å². The average molecular weight is 359 g/mol. The summed E-state index contributed by atoms with van der Waals surface area (Å²) in [5, 5.41) is 6.33. The minimum atomic E-state index is -4.49. The molecule has 0 saturated carbocycles. The summed E-state index contributed by atoms with van der Waals surface area (Å²) in [5.74, 6) is -0.426. The fraction of sp³-hybridized carbons (Fsp3) is 0.312. The highest BCUT2D eigenvalue weighted by molar-refractivity contribution is 6.17. The van der Waals surface area contributed by atoms with E-state index in [4.69, 9.17) is 11.6 Å². The number of rotatable bonds is 1. The van der Waals surface area contributed by atoms with Crippen molar-refractivity contribution < 1.29 is 13.2 Å². The minimum absolute atomic E-state index is 0.0785. The number of aryl methyl sites for hydroxylation is 1. The van der Waals surface area contributed by atoms with Gasteiger partial charge in [-0.05, 0) is 12.5 Å². The van der Waals surface area contributed by atoms with Gasteiger partial charge >= 0.3 is 6.18 Å². The highest BCUT2D eigenvalue weighted by Gasteiger charge is 2.36. The maximum absolute atomic E-state index is 12.2. The third-order valence-corrected chi connectivity index (χ3v) is 3.05. The van der Waals surface area contributed by atoms with Crippen molar-refractivity contribution >= 4 is 17.2 Å². The summed E-state index contributed by atoms with van der Waals surface area (Å²) in [6, 6.07) is 8.22. The molecule has 0 aliphatic heterocycles. The van der Waals surface area contributed by atoms with Crippen molar-refractivity contribution in [2.75, 3.05) is 0 Å². The van der Waals surface area contributed by atoms with Crippen LogP contribution in [0.1, 0.15) is 30.8 Å². The summed E-state index contributed by atoms with van der Waals surface area (Å²) in [6.07, 6.45) is -0.868. The smallest absolute Gasteiger partial charge is 0.276 e. The lowest BCUT2D eigenvalue weighted by molar-refractivity contribution is -0.145. The molecule has 3 aromatic rings. The summed E-state index contributed by atoms with van der Waals surface area (Å²) < 4.78 is 37.5. The second-order valence-corrected chi connectivity index (χ2v) is 4.71. The molecular formula is C16H18ClF3N4. The van der Waals surface area contributed by atoms with Gasteiger partial charge < -0.3 is 0 Å². The molecule has 3 rings (SSSR count). The van der Waals surface area contributed by atoms with Crippen LogP contribution in [0.4, 0.5) is 13.2 Å². The van der Waals surface area contributed by atoms with Crippen molar-refractivity contribution in [3.63, 3.8) is 0 Å². The molecule has 0 amide bonds. The van der Waals surface area contributed by atoms with Crippen molar-refractivity contribution in [2.24, 2.45) is 0 Å². The molecule has 1 aromatic carbocycles. The first-order chi connectivity index (χ1) is 11.4. The molecule has 0 atom stereocenters. The Bertz CT molecular complexity index is 739. The zero-order valence-electron chi connectivity index (χ0n) is 13.5. The summed E-state index contributed by atoms with van der Waals surface area (Å²) in [5.41, 5.74) is 2.54. The third kappa shape index (κ3) is 5.49. The zero-order chi connectivity index (χ0) is 18.2. The summed E-state index contributed by atoms with van der Waals surface area (Å²) in [6.45, 7) is 6.07. The zero-order valence-corrected chi connectivity index (χ0v) is 14.3. The van der Waals surface area contributed by atoms with Crippen LogP contribution in [0.5, 0.6) is 0 Å². The summed E-state index contributed by atoms with van der Waals surface area (Å²) in [4.78, 5) is 3.62. The van der Waals surface area contributed by atoms with Crippen LogP contribution < -0.4 is 0 Å². The van der Waals surface area contributed by atoms with Crippen LogP contribution in [-0.4, -0.2) is 19.6 Å². The molecule has 2 aromatic heterocycles. The van der Waals surface area contributed by atoms with E-state index in [1.807, 2.05) is 26.0 Å². The van der Waals surface area contributed by atoms with Gasteiger partial charge in [0.2, 0.25) is 5.82 Å². The van der Waals surface area contributed by atoms with E-state index in [2.05, 4.69) is 34.2 Å². The predicted molar refractivity (Wildman–Crippen MR) is 87.9 cm³/mol. The molecular weight excluding hydrogens is 341 g/mol. The lowest BCUT2D eigenvalue weighted by Gasteiger charge is -2.02. The number of halogens is 4. The highest BCUT2D eigenvalue weighted by atomic mass is 35.5. The number of aromatic nitrogens is 4. The minimum Gasteiger partial charge on any atom is -0.276 e. The van der Waals surface area contributed by atoms with Gasteiger partial charge in [-0.15, -0.1) is 21.8 Å². The Balaban J connectivity index is 0.000000230. The van der Waals surface area contributed by atoms with Crippen molar-refractivity contribution in [2.45, 2.75) is 32.8 Å². The van der Waals surface area contributed by atoms with Crippen LogP contribution in [0.25, 0.3) is 5.65 Å². The fourth-order valence-corrected chi connectivity index (χ4v) is 1.80. The van der Waals surface area contributed by atoms with Crippen molar-refractivity contribution in [1.29, 1.82) is 0 Å². The summed E-state index contributed by atoms with van der Waals surface area (Å²) in [7, 11) is 0. The Morgan fingerprint density at radius 1 is 1.08 bits per heavy atom. The number of fused-ring (bicyclic) bond motifs is 1. The van der Waals surface area contributed by atoms with E-state index in [-0.39, 0.29) is 5.65 Å². The second-order valence-electron chi connectivity index (χ2n) is 4.45. The van der Waals surface area contributed by atoms with Gasteiger partial charge in [0.05, 0.1) is 6.20 Å². The van der Waals surface area contributed by atoms with Crippen molar-refractivity contribution in [1.82, 2.24) is 19.6 Å². The first kappa shape index (κ1) is 19.9. The predicted octanol–water partition coefficient (Wildman–Crippen LogP) is 4.90. The van der Waals surface area contributed by atoms with Gasteiger partial charge in [-0.3, -0.25) is 9.38 Å². The normalized spacial score (nSPS) is 10.5. The Hall–Kier alpha value is -2.15. The largest absolute Gasteiger partial charge is 0.452 e. The van der Waals surface area contributed by atoms with Gasteiger partial charge in [0.15, 0.2) is 5.65 Å². The Labute approximate surface area is 143 Å². The van der Waals surface area contributed by atoms with Crippen LogP contribution in [0.3, 0.4) is 0 Å². The Morgan fingerprint density at radius 2 is 1.71 bits per heavy atom. The van der Waals surface area contributed by atoms with Gasteiger partial charge in [0, 0.05) is 18.3 Å². The molecule has 2 heterocycles. The molecule has 0 aliphatic carbocycles. The van der Waals surface area contributed by atoms with Gasteiger partial charge in [-0.25, -0.2) is 0 Å². The molecule has 0 fully saturated rings. The molecule has 130 valence electrons. The van der Waals surface area contributed by atoms with E-state index < -0.39 is 12.0 Å². The first-order valence-corrected chi connectivity index (χ1v) is 7.78. The fourth-order valence-electron chi connectivity index (χ4n) is 1.62. The maximum atomic E-state index is 12.2. The SMILES string of the molecule is CC.Cc1ccc(CCl)cc1.FC(F)(F)c1nnc2cnccn12. The van der Waals surface area contributed by atoms with Gasteiger partial charge in [-0.2, -0.15) is 13.2 Å². The summed E-state index contributed by atoms with van der Waals surface area (Å²) >= 11 is 5.58. The standard InChI is InChI=1S/C8H9Cl.C6H3F3N4.C2H6/c1-7-2-4-8(6-9)5-3-7;7-6(8,9)5-12-11-4-3-10-1-2-13(4)5;1-2/h2-5H,6H2,1H3;1-3H;1-2H3. The van der Waals surface area contributed by atoms with Gasteiger partial charge in [-0.1, -0.05) is 43.7 Å². The lowest BCUT2D eigenvalue weighted by atomic mass is 10.2. The molecule has 24 heavy (non-hydrogen) atoms. The maximum Gasteiger partial charge on any atom is 0.452 e. The van der Waals surface area contributed by atoms with Gasteiger partial charge in [0.25, 0.3) is 0 Å². The molecule has 0 spiro atoms. The molecule has 0 radical (unpaired) electrons. The number of hydrogen-bond donors (Lipinski definition) is 0. The number of hydrogen-bond acceptors (Lipinski definition) is 3. The van der Waals surface area contributed by atoms with E-state index in [9.17, 15) is 13.2 Å². The van der Waals surface area contributed by atoms with Crippen molar-refractivity contribution in [3.05, 3.63) is 59.8 Å². The molecule has 8 heteroatoms. The van der Waals surface area contributed by atoms with Crippen LogP contribution in [0.2, 0.25) is 0 Å². The number of alkyl halides is 4. The molecule has 0 bridgehead atoms. The quantitative estimate of drug-likeness (QED) is 0.581. The van der Waals surface area contributed by atoms with E-state index in [1.165, 1.54) is 23.5 Å². The molecule has 0 saturated heterocycles. The second kappa shape index (κ2) is 9.22. The van der Waals surface area contributed by atoms with E-state index in [1.54, 1.807) is 0 Å². The molecule has 4 nitrogen and oxygen atoms in total. The van der Waals surface area contributed by atoms with Crippen molar-refractivity contribution in [3.8, 4) is 0 Å².